The zero-order valence-corrected chi connectivity index (χ0v) is 12.9. The van der Waals surface area contributed by atoms with Crippen LogP contribution in [0.3, 0.4) is 0 Å². The summed E-state index contributed by atoms with van der Waals surface area (Å²) in [6.45, 7) is 0.648. The second-order valence-electron chi connectivity index (χ2n) is 5.47. The standard InChI is InChI=1S/C18H16N6/c19-16-4-6-21-11-15(16)14-8-17(24-18-13(14)3-7-22-18)23-10-12-2-1-5-20-9-12/h1-9,11H,10H2,(H2,19,21)(H2,22,23,24). The second-order valence-corrected chi connectivity index (χ2v) is 5.47. The van der Waals surface area contributed by atoms with E-state index in [4.69, 9.17) is 5.73 Å². The number of hydrogen-bond acceptors (Lipinski definition) is 5. The summed E-state index contributed by atoms with van der Waals surface area (Å²) in [6.07, 6.45) is 8.94. The summed E-state index contributed by atoms with van der Waals surface area (Å²) >= 11 is 0. The maximum Gasteiger partial charge on any atom is 0.140 e. The molecule has 24 heavy (non-hydrogen) atoms. The molecule has 0 spiro atoms. The Labute approximate surface area is 138 Å². The molecule has 0 saturated heterocycles. The number of H-pyrrole nitrogens is 1. The maximum absolute atomic E-state index is 6.13. The molecular weight excluding hydrogens is 300 g/mol. The summed E-state index contributed by atoms with van der Waals surface area (Å²) in [6, 6.07) is 9.74. The van der Waals surface area contributed by atoms with E-state index in [9.17, 15) is 0 Å². The smallest absolute Gasteiger partial charge is 0.140 e. The molecule has 4 N–H and O–H groups in total. The Bertz CT molecular complexity index is 977. The predicted molar refractivity (Wildman–Crippen MR) is 95.3 cm³/mol. The van der Waals surface area contributed by atoms with E-state index in [1.807, 2.05) is 36.7 Å². The first kappa shape index (κ1) is 14.2. The molecule has 0 radical (unpaired) electrons. The van der Waals surface area contributed by atoms with E-state index in [0.717, 1.165) is 33.5 Å². The molecule has 0 aromatic carbocycles. The van der Waals surface area contributed by atoms with Gasteiger partial charge in [0, 0.05) is 54.2 Å². The number of fused-ring (bicyclic) bond motifs is 1. The lowest BCUT2D eigenvalue weighted by Gasteiger charge is -2.11. The second kappa shape index (κ2) is 6.00. The van der Waals surface area contributed by atoms with Crippen molar-refractivity contribution in [2.75, 3.05) is 11.1 Å². The number of hydrogen-bond donors (Lipinski definition) is 3. The molecule has 0 atom stereocenters. The van der Waals surface area contributed by atoms with Gasteiger partial charge in [-0.2, -0.15) is 0 Å². The highest BCUT2D eigenvalue weighted by Gasteiger charge is 2.11. The first-order valence-electron chi connectivity index (χ1n) is 7.62. The van der Waals surface area contributed by atoms with E-state index >= 15 is 0 Å². The van der Waals surface area contributed by atoms with Crippen molar-refractivity contribution in [2.45, 2.75) is 6.54 Å². The Hall–Kier alpha value is -3.41. The van der Waals surface area contributed by atoms with E-state index in [1.54, 1.807) is 24.7 Å². The third-order valence-corrected chi connectivity index (χ3v) is 3.87. The van der Waals surface area contributed by atoms with Gasteiger partial charge in [-0.1, -0.05) is 6.07 Å². The van der Waals surface area contributed by atoms with Crippen LogP contribution in [0.25, 0.3) is 22.2 Å². The van der Waals surface area contributed by atoms with Gasteiger partial charge in [0.05, 0.1) is 0 Å². The van der Waals surface area contributed by atoms with Crippen molar-refractivity contribution in [3.8, 4) is 11.1 Å². The van der Waals surface area contributed by atoms with Crippen molar-refractivity contribution in [3.05, 3.63) is 66.9 Å². The Morgan fingerprint density at radius 2 is 1.96 bits per heavy atom. The zero-order chi connectivity index (χ0) is 16.4. The highest BCUT2D eigenvalue weighted by atomic mass is 15.0. The minimum Gasteiger partial charge on any atom is -0.398 e. The highest BCUT2D eigenvalue weighted by Crippen LogP contribution is 2.32. The molecule has 0 fully saturated rings. The van der Waals surface area contributed by atoms with Gasteiger partial charge >= 0.3 is 0 Å². The van der Waals surface area contributed by atoms with Crippen LogP contribution < -0.4 is 11.1 Å². The van der Waals surface area contributed by atoms with Gasteiger partial charge in [-0.3, -0.25) is 9.97 Å². The van der Waals surface area contributed by atoms with E-state index < -0.39 is 0 Å². The van der Waals surface area contributed by atoms with Crippen LogP contribution in [0.2, 0.25) is 0 Å². The largest absolute Gasteiger partial charge is 0.398 e. The molecule has 0 aliphatic heterocycles. The minimum atomic E-state index is 0.648. The molecule has 0 amide bonds. The molecule has 0 saturated carbocycles. The van der Waals surface area contributed by atoms with Crippen LogP contribution in [0, 0.1) is 0 Å². The van der Waals surface area contributed by atoms with Crippen molar-refractivity contribution >= 4 is 22.5 Å². The SMILES string of the molecule is Nc1ccncc1-c1cc(NCc2cccnc2)nc2[nH]ccc12. The van der Waals surface area contributed by atoms with E-state index in [-0.39, 0.29) is 0 Å². The van der Waals surface area contributed by atoms with Crippen molar-refractivity contribution in [1.82, 2.24) is 19.9 Å². The lowest BCUT2D eigenvalue weighted by molar-refractivity contribution is 1.09. The fourth-order valence-corrected chi connectivity index (χ4v) is 2.68. The lowest BCUT2D eigenvalue weighted by atomic mass is 10.0. The quantitative estimate of drug-likeness (QED) is 0.537. The molecule has 4 aromatic rings. The monoisotopic (exact) mass is 316 g/mol. The molecule has 118 valence electrons. The van der Waals surface area contributed by atoms with Crippen LogP contribution in [-0.2, 0) is 6.54 Å². The number of nitrogens with zero attached hydrogens (tertiary/aromatic N) is 3. The number of rotatable bonds is 4. The topological polar surface area (TPSA) is 92.5 Å². The third-order valence-electron chi connectivity index (χ3n) is 3.87. The van der Waals surface area contributed by atoms with Gasteiger partial charge < -0.3 is 16.0 Å². The molecule has 4 rings (SSSR count). The van der Waals surface area contributed by atoms with Crippen LogP contribution >= 0.6 is 0 Å². The number of nitrogen functional groups attached to an aromatic ring is 1. The number of aromatic amines is 1. The van der Waals surface area contributed by atoms with Gasteiger partial charge in [0.2, 0.25) is 0 Å². The van der Waals surface area contributed by atoms with Crippen LogP contribution in [0.15, 0.2) is 61.3 Å². The zero-order valence-electron chi connectivity index (χ0n) is 12.9. The van der Waals surface area contributed by atoms with Gasteiger partial charge in [0.15, 0.2) is 0 Å². The van der Waals surface area contributed by atoms with Gasteiger partial charge in [-0.05, 0) is 35.4 Å². The number of nitrogens with one attached hydrogen (secondary N) is 2. The van der Waals surface area contributed by atoms with Crippen molar-refractivity contribution in [1.29, 1.82) is 0 Å². The number of pyridine rings is 3. The van der Waals surface area contributed by atoms with Gasteiger partial charge in [0.25, 0.3) is 0 Å². The first-order valence-corrected chi connectivity index (χ1v) is 7.62. The first-order chi connectivity index (χ1) is 11.8. The molecule has 4 aromatic heterocycles. The van der Waals surface area contributed by atoms with Gasteiger partial charge in [-0.25, -0.2) is 4.98 Å². The maximum atomic E-state index is 6.13. The van der Waals surface area contributed by atoms with Crippen molar-refractivity contribution in [2.24, 2.45) is 0 Å². The summed E-state index contributed by atoms with van der Waals surface area (Å²) in [5.74, 6) is 0.770. The van der Waals surface area contributed by atoms with Crippen LogP contribution in [0.1, 0.15) is 5.56 Å². The molecule has 0 bridgehead atoms. The summed E-state index contributed by atoms with van der Waals surface area (Å²) in [7, 11) is 0. The molecule has 6 heteroatoms. The van der Waals surface area contributed by atoms with Crippen LogP contribution in [0.5, 0.6) is 0 Å². The minimum absolute atomic E-state index is 0.648. The van der Waals surface area contributed by atoms with E-state index in [2.05, 4.69) is 25.3 Å². The number of aromatic nitrogens is 4. The molecule has 0 aliphatic rings. The van der Waals surface area contributed by atoms with Crippen LogP contribution in [0.4, 0.5) is 11.5 Å². The fraction of sp³-hybridized carbons (Fsp3) is 0.0556. The summed E-state index contributed by atoms with van der Waals surface area (Å²) < 4.78 is 0. The Kier molecular flexibility index (Phi) is 3.55. The fourth-order valence-electron chi connectivity index (χ4n) is 2.68. The number of anilines is 2. The average Bonchev–Trinajstić information content (AvgIpc) is 3.09. The van der Waals surface area contributed by atoms with Crippen LogP contribution in [-0.4, -0.2) is 19.9 Å². The van der Waals surface area contributed by atoms with Crippen molar-refractivity contribution < 1.29 is 0 Å². The lowest BCUT2D eigenvalue weighted by Crippen LogP contribution is -2.02. The summed E-state index contributed by atoms with van der Waals surface area (Å²) in [5.41, 5.74) is 10.6. The van der Waals surface area contributed by atoms with E-state index in [0.29, 0.717) is 12.2 Å². The van der Waals surface area contributed by atoms with E-state index in [1.165, 1.54) is 0 Å². The normalized spacial score (nSPS) is 10.8. The molecule has 6 nitrogen and oxygen atoms in total. The average molecular weight is 316 g/mol. The Morgan fingerprint density at radius 1 is 1.04 bits per heavy atom. The van der Waals surface area contributed by atoms with Gasteiger partial charge in [0.1, 0.15) is 11.5 Å². The highest BCUT2D eigenvalue weighted by molar-refractivity contribution is 5.97. The molecule has 4 heterocycles. The Balaban J connectivity index is 1.74. The summed E-state index contributed by atoms with van der Waals surface area (Å²) in [5, 5.41) is 4.36. The number of nitrogens with two attached hydrogens (primary N) is 1. The van der Waals surface area contributed by atoms with Crippen molar-refractivity contribution in [3.63, 3.8) is 0 Å². The molecule has 0 unspecified atom stereocenters. The Morgan fingerprint density at radius 3 is 2.79 bits per heavy atom. The molecular formula is C18H16N6. The predicted octanol–water partition coefficient (Wildman–Crippen LogP) is 3.21. The molecule has 0 aliphatic carbocycles. The summed E-state index contributed by atoms with van der Waals surface area (Å²) in [4.78, 5) is 16.1. The van der Waals surface area contributed by atoms with Gasteiger partial charge in [-0.15, -0.1) is 0 Å². The third kappa shape index (κ3) is 2.65.